The molecule has 2 rings (SSSR count). The topological polar surface area (TPSA) is 49.8 Å². The van der Waals surface area contributed by atoms with Gasteiger partial charge in [0.1, 0.15) is 5.75 Å². The summed E-state index contributed by atoms with van der Waals surface area (Å²) in [5, 5.41) is 9.07. The van der Waals surface area contributed by atoms with E-state index in [0.29, 0.717) is 6.61 Å². The minimum Gasteiger partial charge on any atom is -0.494 e. The number of hydrogen-bond acceptors (Lipinski definition) is 3. The lowest BCUT2D eigenvalue weighted by molar-refractivity contribution is -0.142. The SMILES string of the molecule is CC1C(C(=O)O)CCN1CCCOc1ccccc1. The van der Waals surface area contributed by atoms with Gasteiger partial charge in [0, 0.05) is 12.6 Å². The van der Waals surface area contributed by atoms with Crippen molar-refractivity contribution in [3.63, 3.8) is 0 Å². The molecule has 104 valence electrons. The molecule has 0 aliphatic carbocycles. The van der Waals surface area contributed by atoms with Crippen molar-refractivity contribution in [1.29, 1.82) is 0 Å². The Morgan fingerprint density at radius 1 is 1.42 bits per heavy atom. The number of rotatable bonds is 6. The first-order valence-corrected chi connectivity index (χ1v) is 6.83. The molecule has 1 aromatic rings. The van der Waals surface area contributed by atoms with Crippen LogP contribution in [0.3, 0.4) is 0 Å². The van der Waals surface area contributed by atoms with Crippen molar-refractivity contribution in [2.45, 2.75) is 25.8 Å². The van der Waals surface area contributed by atoms with Gasteiger partial charge in [0.25, 0.3) is 0 Å². The van der Waals surface area contributed by atoms with E-state index in [-0.39, 0.29) is 12.0 Å². The summed E-state index contributed by atoms with van der Waals surface area (Å²) in [6, 6.07) is 9.89. The van der Waals surface area contributed by atoms with Crippen LogP contribution in [0.25, 0.3) is 0 Å². The van der Waals surface area contributed by atoms with E-state index in [1.165, 1.54) is 0 Å². The first-order valence-electron chi connectivity index (χ1n) is 6.83. The molecule has 0 aromatic heterocycles. The molecule has 1 fully saturated rings. The normalized spacial score (nSPS) is 23.4. The smallest absolute Gasteiger partial charge is 0.308 e. The van der Waals surface area contributed by atoms with Gasteiger partial charge >= 0.3 is 5.97 Å². The zero-order valence-corrected chi connectivity index (χ0v) is 11.3. The first kappa shape index (κ1) is 13.9. The van der Waals surface area contributed by atoms with Crippen molar-refractivity contribution >= 4 is 5.97 Å². The number of carboxylic acids is 1. The van der Waals surface area contributed by atoms with Gasteiger partial charge in [0.15, 0.2) is 0 Å². The Hall–Kier alpha value is -1.55. The number of hydrogen-bond donors (Lipinski definition) is 1. The number of carboxylic acid groups (broad SMARTS) is 1. The summed E-state index contributed by atoms with van der Waals surface area (Å²) in [7, 11) is 0. The summed E-state index contributed by atoms with van der Waals surface area (Å²) in [5.41, 5.74) is 0. The van der Waals surface area contributed by atoms with E-state index in [1.54, 1.807) is 0 Å². The van der Waals surface area contributed by atoms with E-state index in [9.17, 15) is 4.79 Å². The molecule has 2 unspecified atom stereocenters. The molecule has 1 N–H and O–H groups in total. The first-order chi connectivity index (χ1) is 9.18. The number of para-hydroxylation sites is 1. The van der Waals surface area contributed by atoms with Gasteiger partial charge < -0.3 is 9.84 Å². The molecule has 4 heteroatoms. The number of carbonyl (C=O) groups is 1. The van der Waals surface area contributed by atoms with E-state index in [4.69, 9.17) is 9.84 Å². The molecule has 0 spiro atoms. The van der Waals surface area contributed by atoms with Crippen molar-refractivity contribution in [2.24, 2.45) is 5.92 Å². The molecule has 1 heterocycles. The molecule has 1 saturated heterocycles. The Morgan fingerprint density at radius 2 is 2.16 bits per heavy atom. The lowest BCUT2D eigenvalue weighted by Crippen LogP contribution is -2.34. The summed E-state index contributed by atoms with van der Waals surface area (Å²) in [4.78, 5) is 13.3. The molecule has 0 bridgehead atoms. The number of benzene rings is 1. The summed E-state index contributed by atoms with van der Waals surface area (Å²) in [6.45, 7) is 4.45. The Labute approximate surface area is 114 Å². The zero-order valence-electron chi connectivity index (χ0n) is 11.3. The second kappa shape index (κ2) is 6.57. The quantitative estimate of drug-likeness (QED) is 0.800. The minimum atomic E-state index is -0.671. The predicted octanol–water partition coefficient (Wildman–Crippen LogP) is 2.25. The van der Waals surface area contributed by atoms with Gasteiger partial charge in [-0.25, -0.2) is 0 Å². The number of likely N-dealkylation sites (tertiary alicyclic amines) is 1. The standard InChI is InChI=1S/C15H21NO3/c1-12-14(15(17)18)8-10-16(12)9-5-11-19-13-6-3-2-4-7-13/h2-4,6-7,12,14H,5,8-11H2,1H3,(H,17,18). The number of nitrogens with zero attached hydrogens (tertiary/aromatic N) is 1. The van der Waals surface area contributed by atoms with Crippen molar-refractivity contribution in [3.8, 4) is 5.75 Å². The van der Waals surface area contributed by atoms with E-state index >= 15 is 0 Å². The highest BCUT2D eigenvalue weighted by Gasteiger charge is 2.34. The van der Waals surface area contributed by atoms with Gasteiger partial charge in [-0.15, -0.1) is 0 Å². The molecule has 0 radical (unpaired) electrons. The minimum absolute atomic E-state index is 0.134. The zero-order chi connectivity index (χ0) is 13.7. The van der Waals surface area contributed by atoms with Gasteiger partial charge in [0.05, 0.1) is 12.5 Å². The van der Waals surface area contributed by atoms with E-state index in [0.717, 1.165) is 31.7 Å². The highest BCUT2D eigenvalue weighted by molar-refractivity contribution is 5.71. The van der Waals surface area contributed by atoms with Crippen LogP contribution in [-0.4, -0.2) is 41.7 Å². The van der Waals surface area contributed by atoms with Crippen LogP contribution in [0.4, 0.5) is 0 Å². The molecule has 0 amide bonds. The van der Waals surface area contributed by atoms with Crippen LogP contribution in [0, 0.1) is 5.92 Å². The van der Waals surface area contributed by atoms with E-state index in [1.807, 2.05) is 37.3 Å². The van der Waals surface area contributed by atoms with E-state index in [2.05, 4.69) is 4.90 Å². The van der Waals surface area contributed by atoms with Crippen molar-refractivity contribution in [2.75, 3.05) is 19.7 Å². The number of ether oxygens (including phenoxy) is 1. The van der Waals surface area contributed by atoms with Crippen molar-refractivity contribution < 1.29 is 14.6 Å². The molecule has 2 atom stereocenters. The molecule has 19 heavy (non-hydrogen) atoms. The average Bonchev–Trinajstić information content (AvgIpc) is 2.77. The Balaban J connectivity index is 1.68. The lowest BCUT2D eigenvalue weighted by Gasteiger charge is -2.22. The molecular weight excluding hydrogens is 242 g/mol. The second-order valence-corrected chi connectivity index (χ2v) is 5.03. The van der Waals surface area contributed by atoms with Crippen molar-refractivity contribution in [1.82, 2.24) is 4.90 Å². The average molecular weight is 263 g/mol. The molecule has 1 aromatic carbocycles. The van der Waals surface area contributed by atoms with Crippen LogP contribution in [0.15, 0.2) is 30.3 Å². The summed E-state index contributed by atoms with van der Waals surface area (Å²) in [6.07, 6.45) is 1.68. The number of aliphatic carboxylic acids is 1. The fourth-order valence-electron chi connectivity index (χ4n) is 2.62. The van der Waals surface area contributed by atoms with Gasteiger partial charge in [-0.3, -0.25) is 9.69 Å². The van der Waals surface area contributed by atoms with Crippen LogP contribution in [0.2, 0.25) is 0 Å². The van der Waals surface area contributed by atoms with Crippen LogP contribution >= 0.6 is 0 Å². The lowest BCUT2D eigenvalue weighted by atomic mass is 10.0. The van der Waals surface area contributed by atoms with Gasteiger partial charge in [-0.05, 0) is 38.4 Å². The maximum absolute atomic E-state index is 11.0. The molecule has 4 nitrogen and oxygen atoms in total. The third-order valence-corrected chi connectivity index (χ3v) is 3.80. The Kier molecular flexibility index (Phi) is 4.80. The van der Waals surface area contributed by atoms with Gasteiger partial charge in [-0.2, -0.15) is 0 Å². The van der Waals surface area contributed by atoms with Crippen molar-refractivity contribution in [3.05, 3.63) is 30.3 Å². The fourth-order valence-corrected chi connectivity index (χ4v) is 2.62. The Morgan fingerprint density at radius 3 is 2.79 bits per heavy atom. The second-order valence-electron chi connectivity index (χ2n) is 5.03. The van der Waals surface area contributed by atoms with Crippen LogP contribution < -0.4 is 4.74 Å². The van der Waals surface area contributed by atoms with Crippen LogP contribution in [-0.2, 0) is 4.79 Å². The third kappa shape index (κ3) is 3.70. The van der Waals surface area contributed by atoms with Gasteiger partial charge in [0.2, 0.25) is 0 Å². The predicted molar refractivity (Wildman–Crippen MR) is 73.3 cm³/mol. The Bertz CT molecular complexity index is 407. The maximum Gasteiger partial charge on any atom is 0.308 e. The maximum atomic E-state index is 11.0. The monoisotopic (exact) mass is 263 g/mol. The summed E-state index contributed by atoms with van der Waals surface area (Å²) < 4.78 is 5.63. The largest absolute Gasteiger partial charge is 0.494 e. The van der Waals surface area contributed by atoms with Crippen LogP contribution in [0.1, 0.15) is 19.8 Å². The highest BCUT2D eigenvalue weighted by atomic mass is 16.5. The summed E-state index contributed by atoms with van der Waals surface area (Å²) in [5.74, 6) is 0.00552. The van der Waals surface area contributed by atoms with Gasteiger partial charge in [-0.1, -0.05) is 18.2 Å². The summed E-state index contributed by atoms with van der Waals surface area (Å²) >= 11 is 0. The molecule has 1 aliphatic rings. The molecule has 0 saturated carbocycles. The molecule has 1 aliphatic heterocycles. The highest BCUT2D eigenvalue weighted by Crippen LogP contribution is 2.24. The van der Waals surface area contributed by atoms with E-state index < -0.39 is 5.97 Å². The fraction of sp³-hybridized carbons (Fsp3) is 0.533. The molecular formula is C15H21NO3. The van der Waals surface area contributed by atoms with Crippen LogP contribution in [0.5, 0.6) is 5.75 Å². The third-order valence-electron chi connectivity index (χ3n) is 3.80.